The van der Waals surface area contributed by atoms with E-state index in [1.807, 2.05) is 78.3 Å². The third-order valence-corrected chi connectivity index (χ3v) is 7.75. The van der Waals surface area contributed by atoms with E-state index in [1.165, 1.54) is 0 Å². The third-order valence-electron chi connectivity index (χ3n) is 7.35. The van der Waals surface area contributed by atoms with Gasteiger partial charge in [-0.15, -0.1) is 11.8 Å². The van der Waals surface area contributed by atoms with Crippen molar-refractivity contribution in [2.75, 3.05) is 46.2 Å². The van der Waals surface area contributed by atoms with Crippen LogP contribution in [-0.4, -0.2) is 58.3 Å². The Morgan fingerprint density at radius 3 is 1.84 bits per heavy atom. The van der Waals surface area contributed by atoms with Gasteiger partial charge in [-0.05, 0) is 60.1 Å². The molecule has 0 heterocycles. The number of methoxy groups -OCH3 is 2. The number of carbonyl (C=O) groups excluding carboxylic acids is 1. The maximum atomic E-state index is 12.4. The molecule has 3 rings (SSSR count). The molecule has 0 saturated heterocycles. The highest BCUT2D eigenvalue weighted by atomic mass is 32.2. The van der Waals surface area contributed by atoms with Crippen LogP contribution in [0.25, 0.3) is 0 Å². The molecule has 1 unspecified atom stereocenters. The Morgan fingerprint density at radius 1 is 0.773 bits per heavy atom. The largest absolute Gasteiger partial charge is 0.497 e. The zero-order valence-electron chi connectivity index (χ0n) is 25.5. The van der Waals surface area contributed by atoms with Gasteiger partial charge in [0.1, 0.15) is 17.1 Å². The molecule has 0 fully saturated rings. The zero-order valence-corrected chi connectivity index (χ0v) is 26.3. The lowest BCUT2D eigenvalue weighted by Gasteiger charge is -2.37. The minimum Gasteiger partial charge on any atom is -0.497 e. The summed E-state index contributed by atoms with van der Waals surface area (Å²) in [5.41, 5.74) is 1.92. The van der Waals surface area contributed by atoms with Gasteiger partial charge < -0.3 is 24.3 Å². The number of nitrogens with one attached hydrogen (secondary N) is 1. The predicted octanol–water partition coefficient (Wildman–Crippen LogP) is 7.59. The molecule has 0 saturated carbocycles. The normalized spacial score (nSPS) is 12.5. The molecular weight excluding hydrogens is 591 g/mol. The van der Waals surface area contributed by atoms with Crippen LogP contribution in [0.1, 0.15) is 48.8 Å². The summed E-state index contributed by atoms with van der Waals surface area (Å²) in [6, 6.07) is 25.9. The minimum atomic E-state index is -4.85. The van der Waals surface area contributed by atoms with E-state index >= 15 is 0 Å². The van der Waals surface area contributed by atoms with Gasteiger partial charge >= 0.3 is 12.1 Å². The van der Waals surface area contributed by atoms with E-state index in [9.17, 15) is 18.0 Å². The fraction of sp³-hybridized carbons (Fsp3) is 0.441. The van der Waals surface area contributed by atoms with Crippen molar-refractivity contribution in [3.63, 3.8) is 0 Å². The van der Waals surface area contributed by atoms with E-state index in [-0.39, 0.29) is 12.5 Å². The molecule has 0 bridgehead atoms. The number of ether oxygens (including phenoxy) is 4. The van der Waals surface area contributed by atoms with Crippen molar-refractivity contribution in [3.8, 4) is 11.5 Å². The van der Waals surface area contributed by atoms with Crippen LogP contribution < -0.4 is 14.8 Å². The van der Waals surface area contributed by atoms with Gasteiger partial charge in [-0.3, -0.25) is 4.79 Å². The average molecular weight is 634 g/mol. The van der Waals surface area contributed by atoms with Crippen LogP contribution in [0.4, 0.5) is 13.2 Å². The van der Waals surface area contributed by atoms with Crippen molar-refractivity contribution in [1.29, 1.82) is 0 Å². The molecule has 0 aliphatic rings. The smallest absolute Gasteiger partial charge is 0.471 e. The summed E-state index contributed by atoms with van der Waals surface area (Å²) in [7, 11) is 3.27. The van der Waals surface area contributed by atoms with E-state index in [0.717, 1.165) is 47.5 Å². The number of hydrogen-bond acceptors (Lipinski definition) is 6. The fourth-order valence-electron chi connectivity index (χ4n) is 5.04. The molecule has 0 aliphatic carbocycles. The standard InChI is InChI=1S/C34H42F3NO5S/c1-40-30-18-14-28(15-19-30)33(27-12-8-6-9-13-27,29-16-20-31(41-2)21-17-29)43-24-26(23-42-25-44-3)11-7-4-5-10-22-38-32(39)34(35,36)37/h6,8-9,12-21,26H,4-5,7,10-11,22-25H2,1-3H3,(H,38,39). The number of rotatable bonds is 19. The van der Waals surface area contributed by atoms with E-state index in [1.54, 1.807) is 26.0 Å². The van der Waals surface area contributed by atoms with Crippen molar-refractivity contribution in [1.82, 2.24) is 5.32 Å². The molecule has 3 aromatic rings. The van der Waals surface area contributed by atoms with E-state index in [2.05, 4.69) is 12.1 Å². The first kappa shape index (κ1) is 35.3. The highest BCUT2D eigenvalue weighted by Gasteiger charge is 2.39. The number of carbonyl (C=O) groups is 1. The van der Waals surface area contributed by atoms with Gasteiger partial charge in [-0.25, -0.2) is 0 Å². The molecule has 0 aromatic heterocycles. The maximum absolute atomic E-state index is 12.4. The summed E-state index contributed by atoms with van der Waals surface area (Å²) in [6.45, 7) is 0.923. The van der Waals surface area contributed by atoms with Crippen molar-refractivity contribution in [2.24, 2.45) is 5.92 Å². The summed E-state index contributed by atoms with van der Waals surface area (Å²) in [5.74, 6) is 0.234. The first-order chi connectivity index (χ1) is 21.2. The maximum Gasteiger partial charge on any atom is 0.471 e. The summed E-state index contributed by atoms with van der Waals surface area (Å²) in [4.78, 5) is 11.0. The molecule has 0 spiro atoms. The average Bonchev–Trinajstić information content (AvgIpc) is 3.04. The van der Waals surface area contributed by atoms with Gasteiger partial charge in [0, 0.05) is 12.5 Å². The number of hydrogen-bond donors (Lipinski definition) is 1. The number of alkyl halides is 3. The van der Waals surface area contributed by atoms with Crippen LogP contribution >= 0.6 is 11.8 Å². The summed E-state index contributed by atoms with van der Waals surface area (Å²) >= 11 is 1.60. The van der Waals surface area contributed by atoms with Crippen molar-refractivity contribution < 1.29 is 36.9 Å². The van der Waals surface area contributed by atoms with Crippen LogP contribution in [0.3, 0.4) is 0 Å². The first-order valence-corrected chi connectivity index (χ1v) is 16.0. The number of amides is 1. The van der Waals surface area contributed by atoms with Crippen molar-refractivity contribution in [3.05, 3.63) is 95.6 Å². The quantitative estimate of drug-likeness (QED) is 0.0834. The SMILES string of the molecule is COc1ccc(C(OCC(CCCCCCNC(=O)C(F)(F)F)COCSC)(c2ccccc2)c2ccc(OC)cc2)cc1. The van der Waals surface area contributed by atoms with Crippen molar-refractivity contribution >= 4 is 17.7 Å². The number of thioether (sulfide) groups is 1. The topological polar surface area (TPSA) is 66.0 Å². The third kappa shape index (κ3) is 10.2. The molecule has 0 aliphatic heterocycles. The molecule has 10 heteroatoms. The van der Waals surface area contributed by atoms with Gasteiger partial charge in [0.15, 0.2) is 0 Å². The van der Waals surface area contributed by atoms with Gasteiger partial charge in [-0.1, -0.05) is 73.9 Å². The lowest BCUT2D eigenvalue weighted by atomic mass is 9.79. The van der Waals surface area contributed by atoms with Gasteiger partial charge in [0.05, 0.1) is 33.4 Å². The molecule has 6 nitrogen and oxygen atoms in total. The van der Waals surface area contributed by atoms with Crippen LogP contribution in [0.5, 0.6) is 11.5 Å². The van der Waals surface area contributed by atoms with Crippen LogP contribution in [-0.2, 0) is 19.9 Å². The Bertz CT molecular complexity index is 1190. The number of unbranched alkanes of at least 4 members (excludes halogenated alkanes) is 3. The Kier molecular flexibility index (Phi) is 14.4. The second-order valence-corrected chi connectivity index (χ2v) is 11.2. The molecule has 44 heavy (non-hydrogen) atoms. The molecule has 3 aromatic carbocycles. The number of halogens is 3. The molecular formula is C34H42F3NO5S. The molecule has 1 N–H and O–H groups in total. The summed E-state index contributed by atoms with van der Waals surface area (Å²) < 4.78 is 61.1. The van der Waals surface area contributed by atoms with E-state index in [4.69, 9.17) is 18.9 Å². The molecule has 1 amide bonds. The fourth-order valence-corrected chi connectivity index (χ4v) is 5.31. The summed E-state index contributed by atoms with van der Waals surface area (Å²) in [6.07, 6.45) is 0.822. The number of benzene rings is 3. The van der Waals surface area contributed by atoms with E-state index in [0.29, 0.717) is 32.0 Å². The lowest BCUT2D eigenvalue weighted by molar-refractivity contribution is -0.173. The predicted molar refractivity (Wildman–Crippen MR) is 168 cm³/mol. The zero-order chi connectivity index (χ0) is 31.8. The molecule has 1 atom stereocenters. The Labute approximate surface area is 262 Å². The lowest BCUT2D eigenvalue weighted by Crippen LogP contribution is -2.37. The molecule has 0 radical (unpaired) electrons. The first-order valence-electron chi connectivity index (χ1n) is 14.6. The van der Waals surface area contributed by atoms with Gasteiger partial charge in [0.25, 0.3) is 0 Å². The van der Waals surface area contributed by atoms with Crippen LogP contribution in [0.15, 0.2) is 78.9 Å². The van der Waals surface area contributed by atoms with Crippen LogP contribution in [0.2, 0.25) is 0 Å². The monoisotopic (exact) mass is 633 g/mol. The second-order valence-electron chi connectivity index (χ2n) is 10.4. The second kappa shape index (κ2) is 17.9. The van der Waals surface area contributed by atoms with E-state index < -0.39 is 17.7 Å². The van der Waals surface area contributed by atoms with Crippen molar-refractivity contribution in [2.45, 2.75) is 43.9 Å². The van der Waals surface area contributed by atoms with Gasteiger partial charge in [0.2, 0.25) is 0 Å². The Balaban J connectivity index is 1.81. The van der Waals surface area contributed by atoms with Crippen LogP contribution in [0, 0.1) is 5.92 Å². The molecule has 240 valence electrons. The Hall–Kier alpha value is -3.21. The Morgan fingerprint density at radius 2 is 1.32 bits per heavy atom. The highest BCUT2D eigenvalue weighted by Crippen LogP contribution is 2.42. The summed E-state index contributed by atoms with van der Waals surface area (Å²) in [5, 5.41) is 1.93. The minimum absolute atomic E-state index is 0.00500. The highest BCUT2D eigenvalue weighted by molar-refractivity contribution is 7.98. The van der Waals surface area contributed by atoms with Gasteiger partial charge in [-0.2, -0.15) is 13.2 Å².